The molecule has 274 valence electrons. The van der Waals surface area contributed by atoms with Crippen molar-refractivity contribution in [3.05, 3.63) is 146 Å². The molecule has 0 saturated carbocycles. The van der Waals surface area contributed by atoms with Gasteiger partial charge in [0.15, 0.2) is 0 Å². The van der Waals surface area contributed by atoms with Crippen LogP contribution in [0.3, 0.4) is 0 Å². The Morgan fingerprint density at radius 1 is 0.717 bits per heavy atom. The highest BCUT2D eigenvalue weighted by atomic mass is 127. The van der Waals surface area contributed by atoms with Crippen molar-refractivity contribution < 1.29 is 48.0 Å². The first-order valence-corrected chi connectivity index (χ1v) is 17.3. The van der Waals surface area contributed by atoms with Gasteiger partial charge in [0, 0.05) is 14.6 Å². The van der Waals surface area contributed by atoms with E-state index in [1.807, 2.05) is 80.6 Å². The number of carbonyl (C=O) groups is 2. The molecule has 6 aromatic rings. The quantitative estimate of drug-likeness (QED) is 0.0744. The van der Waals surface area contributed by atoms with Crippen molar-refractivity contribution in [1.29, 1.82) is 0 Å². The summed E-state index contributed by atoms with van der Waals surface area (Å²) in [5.74, 6) is 1.48. The summed E-state index contributed by atoms with van der Waals surface area (Å²) in [5.41, 5.74) is 6.28. The molecule has 0 aliphatic rings. The summed E-state index contributed by atoms with van der Waals surface area (Å²) >= 11 is 2.25. The molecule has 14 heteroatoms. The largest absolute Gasteiger partial charge is 0.494 e. The molecule has 0 spiro atoms. The minimum Gasteiger partial charge on any atom is -0.489 e. The van der Waals surface area contributed by atoms with Crippen LogP contribution >= 0.6 is 22.6 Å². The number of benzene rings is 4. The minimum atomic E-state index is -1.48. The van der Waals surface area contributed by atoms with Crippen molar-refractivity contribution >= 4 is 47.1 Å². The predicted molar refractivity (Wildman–Crippen MR) is 206 cm³/mol. The average molecular weight is 832 g/mol. The van der Waals surface area contributed by atoms with Gasteiger partial charge in [-0.3, -0.25) is 0 Å². The number of aryl methyl sites for hydroxylation is 4. The van der Waals surface area contributed by atoms with Crippen molar-refractivity contribution in [3.63, 3.8) is 0 Å². The van der Waals surface area contributed by atoms with Crippen molar-refractivity contribution in [1.82, 2.24) is 10.3 Å². The molecule has 0 unspecified atom stereocenters. The highest BCUT2D eigenvalue weighted by Gasteiger charge is 2.21. The van der Waals surface area contributed by atoms with Crippen molar-refractivity contribution in [2.24, 2.45) is 0 Å². The van der Waals surface area contributed by atoms with Crippen molar-refractivity contribution in [2.75, 3.05) is 7.11 Å². The summed E-state index contributed by atoms with van der Waals surface area (Å²) in [7, 11) is -0.108. The van der Waals surface area contributed by atoms with Crippen LogP contribution in [0, 0.1) is 31.3 Å². The number of nitrogens with zero attached hydrogens (tertiary/aromatic N) is 2. The van der Waals surface area contributed by atoms with E-state index in [0.29, 0.717) is 41.4 Å². The third-order valence-electron chi connectivity index (χ3n) is 7.67. The summed E-state index contributed by atoms with van der Waals surface area (Å²) in [6.45, 7) is 7.82. The lowest BCUT2D eigenvalue weighted by Crippen LogP contribution is -2.32. The molecule has 12 nitrogen and oxygen atoms in total. The molecule has 6 rings (SSSR count). The molecule has 0 aliphatic carbocycles. The fraction of sp³-hybridized carbons (Fsp3) is 0.179. The van der Waals surface area contributed by atoms with Gasteiger partial charge in [-0.2, -0.15) is 0 Å². The minimum absolute atomic E-state index is 0.254. The van der Waals surface area contributed by atoms with Gasteiger partial charge in [0.25, 0.3) is 0 Å². The molecule has 0 bridgehead atoms. The van der Waals surface area contributed by atoms with Crippen LogP contribution in [0.1, 0.15) is 54.8 Å². The molecule has 2 aromatic heterocycles. The number of aromatic carboxylic acids is 1. The first-order valence-electron chi connectivity index (χ1n) is 16.2. The normalized spacial score (nSPS) is 10.3. The van der Waals surface area contributed by atoms with E-state index in [-0.39, 0.29) is 11.5 Å². The van der Waals surface area contributed by atoms with Crippen LogP contribution in [0.5, 0.6) is 11.5 Å². The zero-order valence-electron chi connectivity index (χ0n) is 29.7. The Morgan fingerprint density at radius 2 is 1.23 bits per heavy atom. The molecular formula is C39H38BIN2O10. The van der Waals surface area contributed by atoms with Gasteiger partial charge >= 0.3 is 19.1 Å². The number of esters is 1. The van der Waals surface area contributed by atoms with E-state index in [9.17, 15) is 9.59 Å². The van der Waals surface area contributed by atoms with E-state index >= 15 is 0 Å². The summed E-state index contributed by atoms with van der Waals surface area (Å²) in [6, 6.07) is 29.4. The highest BCUT2D eigenvalue weighted by Crippen LogP contribution is 2.28. The first-order chi connectivity index (χ1) is 25.4. The molecule has 4 aromatic carbocycles. The van der Waals surface area contributed by atoms with Crippen LogP contribution in [-0.4, -0.2) is 51.6 Å². The van der Waals surface area contributed by atoms with Gasteiger partial charge in [0.05, 0.1) is 29.6 Å². The molecule has 0 radical (unpaired) electrons. The lowest BCUT2D eigenvalue weighted by atomic mass is 9.79. The predicted octanol–water partition coefficient (Wildman–Crippen LogP) is 6.86. The zero-order chi connectivity index (χ0) is 38.5. The number of methoxy groups -OCH3 is 1. The fourth-order valence-electron chi connectivity index (χ4n) is 5.04. The molecule has 0 atom stereocenters. The summed E-state index contributed by atoms with van der Waals surface area (Å²) < 4.78 is 27.1. The first kappa shape index (κ1) is 40.3. The van der Waals surface area contributed by atoms with E-state index in [4.69, 9.17) is 29.2 Å². The number of rotatable bonds is 10. The number of ether oxygens (including phenoxy) is 3. The topological polar surface area (TPSA) is 175 Å². The molecule has 0 saturated heterocycles. The number of carboxylic acids is 1. The number of hydrogen-bond donors (Lipinski definition) is 3. The number of carboxylic acid groups (broad SMARTS) is 1. The SMILES string of the molecule is COC(=O)c1cccc(COc2ccc(I)cc2)c1.Cc1noc(C)c1-c1ccc(OCc2cccc(C(=O)O)c2)cc1.Cc1noc(C)c1B(O)O. The van der Waals surface area contributed by atoms with E-state index in [1.54, 1.807) is 44.2 Å². The Kier molecular flexibility index (Phi) is 14.8. The number of halogens is 1. The average Bonchev–Trinajstić information content (AvgIpc) is 3.69. The van der Waals surface area contributed by atoms with Crippen LogP contribution in [0.4, 0.5) is 0 Å². The van der Waals surface area contributed by atoms with Crippen LogP contribution in [0.15, 0.2) is 106 Å². The van der Waals surface area contributed by atoms with Gasteiger partial charge in [-0.1, -0.05) is 46.7 Å². The second kappa shape index (κ2) is 19.4. The summed E-state index contributed by atoms with van der Waals surface area (Å²) in [4.78, 5) is 22.4. The van der Waals surface area contributed by atoms with Gasteiger partial charge in [0.2, 0.25) is 0 Å². The molecule has 0 aliphatic heterocycles. The van der Waals surface area contributed by atoms with Crippen LogP contribution in [0.25, 0.3) is 11.1 Å². The van der Waals surface area contributed by atoms with Crippen LogP contribution < -0.4 is 14.9 Å². The number of hydrogen-bond acceptors (Lipinski definition) is 11. The third kappa shape index (κ3) is 11.8. The lowest BCUT2D eigenvalue weighted by molar-refractivity contribution is 0.0599. The summed E-state index contributed by atoms with van der Waals surface area (Å²) in [6.07, 6.45) is 0. The van der Waals surface area contributed by atoms with Gasteiger partial charge in [-0.25, -0.2) is 9.59 Å². The van der Waals surface area contributed by atoms with E-state index in [1.165, 1.54) is 7.11 Å². The standard InChI is InChI=1S/C19H17NO4.C15H13IO3.C5H8BNO3/c1-12-18(13(2)24-20-12)15-6-8-17(9-7-15)23-11-14-4-3-5-16(10-14)19(21)22;1-18-15(17)12-4-2-3-11(9-12)10-19-14-7-5-13(16)6-8-14;1-3-5(6(8)9)4(2)10-7-3/h3-10H,11H2,1-2H3,(H,21,22);2-9H,10H2,1H3;8-9H,1-2H3. The molecule has 2 heterocycles. The third-order valence-corrected chi connectivity index (χ3v) is 8.39. The van der Waals surface area contributed by atoms with E-state index < -0.39 is 13.1 Å². The number of carbonyl (C=O) groups excluding carboxylic acids is 1. The monoisotopic (exact) mass is 832 g/mol. The van der Waals surface area contributed by atoms with Gasteiger partial charge in [-0.15, -0.1) is 0 Å². The van der Waals surface area contributed by atoms with Crippen LogP contribution in [0.2, 0.25) is 0 Å². The maximum atomic E-state index is 11.4. The Bertz CT molecular complexity index is 2070. The highest BCUT2D eigenvalue weighted by molar-refractivity contribution is 14.1. The maximum absolute atomic E-state index is 11.4. The number of aromatic nitrogens is 2. The van der Waals surface area contributed by atoms with Crippen molar-refractivity contribution in [3.8, 4) is 22.6 Å². The second-order valence-electron chi connectivity index (χ2n) is 11.6. The zero-order valence-corrected chi connectivity index (χ0v) is 31.9. The summed E-state index contributed by atoms with van der Waals surface area (Å²) in [5, 5.41) is 34.0. The maximum Gasteiger partial charge on any atom is 0.494 e. The second-order valence-corrected chi connectivity index (χ2v) is 12.8. The Labute approximate surface area is 320 Å². The molecule has 53 heavy (non-hydrogen) atoms. The smallest absolute Gasteiger partial charge is 0.489 e. The van der Waals surface area contributed by atoms with Gasteiger partial charge in [0.1, 0.15) is 36.2 Å². The molecular weight excluding hydrogens is 794 g/mol. The fourth-order valence-corrected chi connectivity index (χ4v) is 5.40. The molecule has 0 amide bonds. The van der Waals surface area contributed by atoms with Crippen LogP contribution in [-0.2, 0) is 18.0 Å². The van der Waals surface area contributed by atoms with E-state index in [0.717, 1.165) is 43.0 Å². The Hall–Kier alpha value is -5.45. The lowest BCUT2D eigenvalue weighted by Gasteiger charge is -2.08. The van der Waals surface area contributed by atoms with Crippen molar-refractivity contribution in [2.45, 2.75) is 40.9 Å². The molecule has 0 fully saturated rings. The van der Waals surface area contributed by atoms with Gasteiger partial charge in [-0.05, 0) is 128 Å². The molecule has 3 N–H and O–H groups in total. The van der Waals surface area contributed by atoms with Gasteiger partial charge < -0.3 is 38.4 Å². The Balaban J connectivity index is 0.000000192. The Morgan fingerprint density at radius 3 is 1.68 bits per heavy atom. The van der Waals surface area contributed by atoms with E-state index in [2.05, 4.69) is 42.2 Å².